The summed E-state index contributed by atoms with van der Waals surface area (Å²) in [4.78, 5) is 27.2. The fraction of sp³-hybridized carbons (Fsp3) is 0.562. The lowest BCUT2D eigenvalue weighted by molar-refractivity contribution is -0.384. The van der Waals surface area contributed by atoms with Crippen LogP contribution in [0.25, 0.3) is 0 Å². The average Bonchev–Trinajstić information content (AvgIpc) is 2.62. The normalized spacial score (nSPS) is 19.4. The molecule has 2 heterocycles. The van der Waals surface area contributed by atoms with E-state index in [2.05, 4.69) is 0 Å². The van der Waals surface area contributed by atoms with Crippen LogP contribution in [0.4, 0.5) is 11.4 Å². The second-order valence-electron chi connectivity index (χ2n) is 6.09. The Balaban J connectivity index is 1.65. The highest BCUT2D eigenvalue weighted by Crippen LogP contribution is 2.34. The maximum atomic E-state index is 12.5. The van der Waals surface area contributed by atoms with Crippen molar-refractivity contribution >= 4 is 28.9 Å². The van der Waals surface area contributed by atoms with Crippen LogP contribution in [0.15, 0.2) is 18.2 Å². The Kier molecular flexibility index (Phi) is 5.20. The third-order valence-electron chi connectivity index (χ3n) is 4.64. The lowest BCUT2D eigenvalue weighted by atomic mass is 9.94. The van der Waals surface area contributed by atoms with Crippen LogP contribution in [0.5, 0.6) is 0 Å². The second-order valence-corrected chi connectivity index (χ2v) is 6.53. The quantitative estimate of drug-likeness (QED) is 0.615. The molecule has 1 aromatic rings. The molecule has 2 aliphatic rings. The van der Waals surface area contributed by atoms with Gasteiger partial charge in [-0.05, 0) is 25.0 Å². The van der Waals surface area contributed by atoms with Gasteiger partial charge >= 0.3 is 0 Å². The average molecular weight is 354 g/mol. The van der Waals surface area contributed by atoms with Crippen molar-refractivity contribution < 1.29 is 14.5 Å². The van der Waals surface area contributed by atoms with E-state index >= 15 is 0 Å². The van der Waals surface area contributed by atoms with E-state index in [0.717, 1.165) is 0 Å². The number of carbonyl (C=O) groups is 1. The Hall–Kier alpha value is -1.86. The van der Waals surface area contributed by atoms with Gasteiger partial charge in [-0.1, -0.05) is 11.6 Å². The molecule has 0 bridgehead atoms. The molecule has 1 aromatic carbocycles. The number of hydrogen-bond donors (Lipinski definition) is 0. The number of nitro groups is 1. The van der Waals surface area contributed by atoms with E-state index in [1.165, 1.54) is 6.07 Å². The summed E-state index contributed by atoms with van der Waals surface area (Å²) < 4.78 is 5.28. The number of ether oxygens (including phenoxy) is 1. The van der Waals surface area contributed by atoms with Gasteiger partial charge in [0.2, 0.25) is 5.91 Å². The van der Waals surface area contributed by atoms with Gasteiger partial charge < -0.3 is 14.5 Å². The standard InChI is InChI=1S/C16H20ClN3O4/c17-13-1-2-14(15(11-13)20(22)23)18-5-3-12(4-6-18)16(21)19-7-9-24-10-8-19/h1-2,11-12H,3-10H2. The van der Waals surface area contributed by atoms with Crippen LogP contribution >= 0.6 is 11.6 Å². The minimum Gasteiger partial charge on any atom is -0.378 e. The molecular formula is C16H20ClN3O4. The molecular weight excluding hydrogens is 334 g/mol. The maximum Gasteiger partial charge on any atom is 0.294 e. The number of benzene rings is 1. The SMILES string of the molecule is O=C(C1CCN(c2ccc(Cl)cc2[N+](=O)[O-])CC1)N1CCOCC1. The van der Waals surface area contributed by atoms with E-state index < -0.39 is 4.92 Å². The molecule has 1 amide bonds. The molecule has 24 heavy (non-hydrogen) atoms. The van der Waals surface area contributed by atoms with E-state index in [9.17, 15) is 14.9 Å². The van der Waals surface area contributed by atoms with E-state index in [1.54, 1.807) is 12.1 Å². The van der Waals surface area contributed by atoms with Gasteiger partial charge in [0.1, 0.15) is 5.69 Å². The van der Waals surface area contributed by atoms with Gasteiger partial charge in [-0.15, -0.1) is 0 Å². The molecule has 0 spiro atoms. The van der Waals surface area contributed by atoms with Crippen molar-refractivity contribution in [2.24, 2.45) is 5.92 Å². The lowest BCUT2D eigenvalue weighted by Gasteiger charge is -2.36. The summed E-state index contributed by atoms with van der Waals surface area (Å²) in [5.41, 5.74) is 0.585. The van der Waals surface area contributed by atoms with Crippen LogP contribution in [-0.4, -0.2) is 55.1 Å². The number of anilines is 1. The van der Waals surface area contributed by atoms with Crippen LogP contribution in [0.2, 0.25) is 5.02 Å². The van der Waals surface area contributed by atoms with Crippen molar-refractivity contribution in [3.63, 3.8) is 0 Å². The van der Waals surface area contributed by atoms with Gasteiger partial charge in [0.25, 0.3) is 5.69 Å². The van der Waals surface area contributed by atoms with Crippen LogP contribution in [0, 0.1) is 16.0 Å². The number of nitrogens with zero attached hydrogens (tertiary/aromatic N) is 3. The van der Waals surface area contributed by atoms with Crippen molar-refractivity contribution in [2.45, 2.75) is 12.8 Å². The Morgan fingerprint density at radius 2 is 1.88 bits per heavy atom. The monoisotopic (exact) mass is 353 g/mol. The number of amides is 1. The Bertz CT molecular complexity index is 626. The second kappa shape index (κ2) is 7.36. The number of nitro benzene ring substituents is 1. The van der Waals surface area contributed by atoms with Crippen LogP contribution < -0.4 is 4.90 Å². The highest BCUT2D eigenvalue weighted by molar-refractivity contribution is 6.30. The predicted octanol–water partition coefficient (Wildman–Crippen LogP) is 2.32. The molecule has 0 atom stereocenters. The van der Waals surface area contributed by atoms with Crippen molar-refractivity contribution in [3.8, 4) is 0 Å². The molecule has 3 rings (SSSR count). The Morgan fingerprint density at radius 3 is 2.50 bits per heavy atom. The molecule has 2 saturated heterocycles. The highest BCUT2D eigenvalue weighted by atomic mass is 35.5. The summed E-state index contributed by atoms with van der Waals surface area (Å²) in [5.74, 6) is 0.175. The molecule has 7 nitrogen and oxygen atoms in total. The first-order chi connectivity index (χ1) is 11.6. The Labute approximate surface area is 145 Å². The fourth-order valence-electron chi connectivity index (χ4n) is 3.32. The van der Waals surface area contributed by atoms with Gasteiger partial charge in [0, 0.05) is 43.2 Å². The number of hydrogen-bond acceptors (Lipinski definition) is 5. The molecule has 130 valence electrons. The van der Waals surface area contributed by atoms with Gasteiger partial charge in [0.05, 0.1) is 18.1 Å². The summed E-state index contributed by atoms with van der Waals surface area (Å²) >= 11 is 5.87. The van der Waals surface area contributed by atoms with Gasteiger partial charge in [-0.25, -0.2) is 0 Å². The van der Waals surface area contributed by atoms with Crippen LogP contribution in [0.1, 0.15) is 12.8 Å². The summed E-state index contributed by atoms with van der Waals surface area (Å²) in [5, 5.41) is 11.6. The molecule has 0 radical (unpaired) electrons. The number of halogens is 1. The first-order valence-electron chi connectivity index (χ1n) is 8.11. The molecule has 2 aliphatic heterocycles. The topological polar surface area (TPSA) is 75.9 Å². The van der Waals surface area contributed by atoms with E-state index in [-0.39, 0.29) is 17.5 Å². The number of rotatable bonds is 3. The Morgan fingerprint density at radius 1 is 1.21 bits per heavy atom. The molecule has 0 unspecified atom stereocenters. The minimum absolute atomic E-state index is 0.00861. The van der Waals surface area contributed by atoms with E-state index in [4.69, 9.17) is 16.3 Å². The van der Waals surface area contributed by atoms with Crippen molar-refractivity contribution in [2.75, 3.05) is 44.3 Å². The maximum absolute atomic E-state index is 12.5. The van der Waals surface area contributed by atoms with Gasteiger partial charge in [-0.3, -0.25) is 14.9 Å². The smallest absolute Gasteiger partial charge is 0.294 e. The number of morpholine rings is 1. The molecule has 0 aliphatic carbocycles. The zero-order valence-corrected chi connectivity index (χ0v) is 14.1. The summed E-state index contributed by atoms with van der Waals surface area (Å²) in [6.07, 6.45) is 1.41. The van der Waals surface area contributed by atoms with Crippen LogP contribution in [-0.2, 0) is 9.53 Å². The van der Waals surface area contributed by atoms with E-state index in [0.29, 0.717) is 62.9 Å². The molecule has 8 heteroatoms. The fourth-order valence-corrected chi connectivity index (χ4v) is 3.49. The van der Waals surface area contributed by atoms with Crippen molar-refractivity contribution in [1.29, 1.82) is 0 Å². The third kappa shape index (κ3) is 3.62. The summed E-state index contributed by atoms with van der Waals surface area (Å²) in [6.45, 7) is 3.76. The zero-order valence-electron chi connectivity index (χ0n) is 13.3. The number of carbonyl (C=O) groups excluding carboxylic acids is 1. The third-order valence-corrected chi connectivity index (χ3v) is 4.88. The number of piperidine rings is 1. The van der Waals surface area contributed by atoms with E-state index in [1.807, 2.05) is 9.80 Å². The highest BCUT2D eigenvalue weighted by Gasteiger charge is 2.31. The predicted molar refractivity (Wildman–Crippen MR) is 90.4 cm³/mol. The zero-order chi connectivity index (χ0) is 17.1. The first kappa shape index (κ1) is 17.0. The first-order valence-corrected chi connectivity index (χ1v) is 8.49. The molecule has 2 fully saturated rings. The molecule has 0 aromatic heterocycles. The largest absolute Gasteiger partial charge is 0.378 e. The van der Waals surface area contributed by atoms with Gasteiger partial charge in [-0.2, -0.15) is 0 Å². The van der Waals surface area contributed by atoms with Crippen LogP contribution in [0.3, 0.4) is 0 Å². The van der Waals surface area contributed by atoms with Crippen molar-refractivity contribution in [1.82, 2.24) is 4.90 Å². The lowest BCUT2D eigenvalue weighted by Crippen LogP contribution is -2.46. The summed E-state index contributed by atoms with van der Waals surface area (Å²) in [6, 6.07) is 4.72. The summed E-state index contributed by atoms with van der Waals surface area (Å²) in [7, 11) is 0. The minimum atomic E-state index is -0.411. The molecule has 0 N–H and O–H groups in total. The van der Waals surface area contributed by atoms with Crippen molar-refractivity contribution in [3.05, 3.63) is 33.3 Å². The molecule has 0 saturated carbocycles. The van der Waals surface area contributed by atoms with Gasteiger partial charge in [0.15, 0.2) is 0 Å².